The number of amides is 2. The van der Waals surface area contributed by atoms with Gasteiger partial charge in [-0.25, -0.2) is 4.79 Å². The molecule has 0 aliphatic carbocycles. The van der Waals surface area contributed by atoms with Crippen LogP contribution in [0.3, 0.4) is 0 Å². The first-order chi connectivity index (χ1) is 14.0. The molecule has 30 heavy (non-hydrogen) atoms. The van der Waals surface area contributed by atoms with E-state index in [2.05, 4.69) is 18.3 Å². The maximum atomic E-state index is 13.4. The van der Waals surface area contributed by atoms with Crippen molar-refractivity contribution in [2.45, 2.75) is 33.1 Å². The Balaban J connectivity index is 0.00000320. The summed E-state index contributed by atoms with van der Waals surface area (Å²) in [5.74, 6) is 0.0554. The molecule has 2 aromatic carbocycles. The lowest BCUT2D eigenvalue weighted by atomic mass is 10.0. The molecular formula is C23H30ClN3O3. The molecule has 0 radical (unpaired) electrons. The van der Waals surface area contributed by atoms with Gasteiger partial charge < -0.3 is 22.0 Å². The van der Waals surface area contributed by atoms with Crippen molar-refractivity contribution in [1.82, 2.24) is 0 Å². The van der Waals surface area contributed by atoms with E-state index >= 15 is 0 Å². The summed E-state index contributed by atoms with van der Waals surface area (Å²) in [5, 5.41) is 2.75. The van der Waals surface area contributed by atoms with Crippen LogP contribution in [0.25, 0.3) is 0 Å². The molecule has 2 N–H and O–H groups in total. The van der Waals surface area contributed by atoms with Crippen LogP contribution in [0.4, 0.5) is 21.9 Å². The minimum absolute atomic E-state index is 0. The molecule has 0 spiro atoms. The van der Waals surface area contributed by atoms with E-state index in [1.54, 1.807) is 6.92 Å². The number of benzene rings is 2. The number of hydrogen-bond acceptors (Lipinski definition) is 3. The SMILES string of the molecule is CCC[NH+](C)CC(=O)N1c2ccccc2CCc2ccc(NC(=O)OCC)cc21.[Cl-]. The molecule has 0 saturated heterocycles. The lowest BCUT2D eigenvalue weighted by Gasteiger charge is -2.26. The van der Waals surface area contributed by atoms with E-state index in [1.807, 2.05) is 48.3 Å². The van der Waals surface area contributed by atoms with Crippen LogP contribution >= 0.6 is 0 Å². The molecule has 6 nitrogen and oxygen atoms in total. The summed E-state index contributed by atoms with van der Waals surface area (Å²) in [4.78, 5) is 28.3. The highest BCUT2D eigenvalue weighted by atomic mass is 35.5. The number of nitrogens with one attached hydrogen (secondary N) is 2. The molecule has 0 saturated carbocycles. The number of ether oxygens (including phenoxy) is 1. The molecule has 162 valence electrons. The Labute approximate surface area is 184 Å². The zero-order valence-corrected chi connectivity index (χ0v) is 18.6. The predicted molar refractivity (Wildman–Crippen MR) is 115 cm³/mol. The zero-order chi connectivity index (χ0) is 20.8. The van der Waals surface area contributed by atoms with Gasteiger partial charge in [0.05, 0.1) is 31.6 Å². The van der Waals surface area contributed by atoms with Crippen LogP contribution in [0.5, 0.6) is 0 Å². The number of carbonyl (C=O) groups excluding carboxylic acids is 2. The molecular weight excluding hydrogens is 402 g/mol. The van der Waals surface area contributed by atoms with Crippen molar-refractivity contribution in [3.8, 4) is 0 Å². The zero-order valence-electron chi connectivity index (χ0n) is 17.8. The average Bonchev–Trinajstić information content (AvgIpc) is 2.84. The number of hydrogen-bond donors (Lipinski definition) is 2. The Hall–Kier alpha value is -2.57. The maximum absolute atomic E-state index is 13.4. The van der Waals surface area contributed by atoms with Crippen LogP contribution in [0.1, 0.15) is 31.4 Å². The van der Waals surface area contributed by atoms with E-state index in [0.717, 1.165) is 48.3 Å². The predicted octanol–water partition coefficient (Wildman–Crippen LogP) is -0.0530. The van der Waals surface area contributed by atoms with Gasteiger partial charge in [0.2, 0.25) is 0 Å². The molecule has 1 atom stereocenters. The highest BCUT2D eigenvalue weighted by Crippen LogP contribution is 2.37. The molecule has 1 unspecified atom stereocenters. The van der Waals surface area contributed by atoms with Gasteiger partial charge >= 0.3 is 6.09 Å². The summed E-state index contributed by atoms with van der Waals surface area (Å²) in [6.45, 7) is 5.55. The first kappa shape index (κ1) is 23.7. The fourth-order valence-electron chi connectivity index (χ4n) is 3.81. The van der Waals surface area contributed by atoms with Crippen molar-refractivity contribution in [3.05, 3.63) is 53.6 Å². The normalized spacial score (nSPS) is 13.2. The lowest BCUT2D eigenvalue weighted by molar-refractivity contribution is -0.871. The van der Waals surface area contributed by atoms with Gasteiger partial charge in [0.15, 0.2) is 6.54 Å². The lowest BCUT2D eigenvalue weighted by Crippen LogP contribution is -3.10. The van der Waals surface area contributed by atoms with Gasteiger partial charge in [0.1, 0.15) is 0 Å². The minimum Gasteiger partial charge on any atom is -1.00 e. The van der Waals surface area contributed by atoms with E-state index in [4.69, 9.17) is 4.74 Å². The van der Waals surface area contributed by atoms with Gasteiger partial charge in [-0.2, -0.15) is 0 Å². The number of rotatable bonds is 6. The van der Waals surface area contributed by atoms with Crippen LogP contribution in [0, 0.1) is 0 Å². The van der Waals surface area contributed by atoms with Crippen LogP contribution in [-0.4, -0.2) is 38.7 Å². The maximum Gasteiger partial charge on any atom is 0.411 e. The fourth-order valence-corrected chi connectivity index (χ4v) is 3.81. The molecule has 0 fully saturated rings. The molecule has 0 aromatic heterocycles. The third-order valence-corrected chi connectivity index (χ3v) is 5.12. The monoisotopic (exact) mass is 431 g/mol. The van der Waals surface area contributed by atoms with Gasteiger partial charge in [-0.15, -0.1) is 0 Å². The standard InChI is InChI=1S/C23H29N3O3.ClH/c1-4-14-25(3)16-22(27)26-20-9-7-6-8-17(20)10-11-18-12-13-19(15-21(18)26)24-23(28)29-5-2;/h6-9,12-13,15H,4-5,10-11,14,16H2,1-3H3,(H,24,28);1H. The van der Waals surface area contributed by atoms with Crippen molar-refractivity contribution in [1.29, 1.82) is 0 Å². The van der Waals surface area contributed by atoms with Crippen LogP contribution in [-0.2, 0) is 22.4 Å². The number of nitrogens with zero attached hydrogens (tertiary/aromatic N) is 1. The molecule has 7 heteroatoms. The number of anilines is 3. The second-order valence-corrected chi connectivity index (χ2v) is 7.43. The number of carbonyl (C=O) groups is 2. The van der Waals surface area contributed by atoms with Crippen LogP contribution < -0.4 is 27.5 Å². The number of fused-ring (bicyclic) bond motifs is 2. The highest BCUT2D eigenvalue weighted by Gasteiger charge is 2.28. The number of para-hydroxylation sites is 1. The van der Waals surface area contributed by atoms with Gasteiger partial charge in [0, 0.05) is 5.69 Å². The molecule has 1 heterocycles. The summed E-state index contributed by atoms with van der Waals surface area (Å²) < 4.78 is 4.99. The average molecular weight is 432 g/mol. The Kier molecular flexibility index (Phi) is 8.69. The van der Waals surface area contributed by atoms with E-state index in [1.165, 1.54) is 4.90 Å². The molecule has 2 amide bonds. The molecule has 0 bridgehead atoms. The second-order valence-electron chi connectivity index (χ2n) is 7.43. The van der Waals surface area contributed by atoms with E-state index in [-0.39, 0.29) is 18.3 Å². The Morgan fingerprint density at radius 1 is 1.07 bits per heavy atom. The van der Waals surface area contributed by atoms with Crippen molar-refractivity contribution < 1.29 is 31.6 Å². The minimum atomic E-state index is -0.494. The number of likely N-dealkylation sites (N-methyl/N-ethyl adjacent to an activating group) is 1. The van der Waals surface area contributed by atoms with Gasteiger partial charge in [-0.05, 0) is 55.5 Å². The molecule has 2 aromatic rings. The first-order valence-electron chi connectivity index (χ1n) is 10.3. The summed E-state index contributed by atoms with van der Waals surface area (Å²) in [5.41, 5.74) is 4.63. The van der Waals surface area contributed by atoms with Gasteiger partial charge in [-0.3, -0.25) is 15.0 Å². The third kappa shape index (κ3) is 5.52. The molecule has 1 aliphatic rings. The number of aryl methyl sites for hydroxylation is 2. The molecule has 1 aliphatic heterocycles. The van der Waals surface area contributed by atoms with E-state index in [9.17, 15) is 9.59 Å². The fraction of sp³-hybridized carbons (Fsp3) is 0.391. The summed E-state index contributed by atoms with van der Waals surface area (Å²) in [7, 11) is 2.05. The number of quaternary nitrogens is 1. The first-order valence-corrected chi connectivity index (χ1v) is 10.3. The third-order valence-electron chi connectivity index (χ3n) is 5.12. The Bertz CT molecular complexity index is 888. The smallest absolute Gasteiger partial charge is 0.411 e. The van der Waals surface area contributed by atoms with Crippen LogP contribution in [0.15, 0.2) is 42.5 Å². The largest absolute Gasteiger partial charge is 1.00 e. The van der Waals surface area contributed by atoms with Crippen LogP contribution in [0.2, 0.25) is 0 Å². The van der Waals surface area contributed by atoms with Crippen molar-refractivity contribution >= 4 is 29.1 Å². The summed E-state index contributed by atoms with van der Waals surface area (Å²) >= 11 is 0. The van der Waals surface area contributed by atoms with Gasteiger partial charge in [-0.1, -0.05) is 31.2 Å². The Morgan fingerprint density at radius 2 is 1.77 bits per heavy atom. The highest BCUT2D eigenvalue weighted by molar-refractivity contribution is 6.03. The topological polar surface area (TPSA) is 63.1 Å². The van der Waals surface area contributed by atoms with Crippen molar-refractivity contribution in [3.63, 3.8) is 0 Å². The van der Waals surface area contributed by atoms with Gasteiger partial charge in [0.25, 0.3) is 5.91 Å². The quantitative estimate of drug-likeness (QED) is 0.674. The molecule has 3 rings (SSSR count). The summed E-state index contributed by atoms with van der Waals surface area (Å²) in [6.07, 6.45) is 2.24. The van der Waals surface area contributed by atoms with Crippen molar-refractivity contribution in [2.24, 2.45) is 0 Å². The van der Waals surface area contributed by atoms with Crippen molar-refractivity contribution in [2.75, 3.05) is 37.0 Å². The van der Waals surface area contributed by atoms with E-state index < -0.39 is 6.09 Å². The van der Waals surface area contributed by atoms with E-state index in [0.29, 0.717) is 18.8 Å². The second kappa shape index (κ2) is 11.0. The Morgan fingerprint density at radius 3 is 2.47 bits per heavy atom. The number of halogens is 1. The summed E-state index contributed by atoms with van der Waals surface area (Å²) in [6, 6.07) is 13.8.